The van der Waals surface area contributed by atoms with Crippen molar-refractivity contribution in [3.8, 4) is 11.5 Å². The van der Waals surface area contributed by atoms with E-state index in [9.17, 15) is 40.0 Å². The molecule has 0 bridgehead atoms. The molecule has 26 heavy (non-hydrogen) atoms. The Morgan fingerprint density at radius 2 is 1.04 bits per heavy atom. The Morgan fingerprint density at radius 3 is 1.31 bits per heavy atom. The normalized spacial score (nSPS) is 12.5. The number of fused-ring (bicyclic) bond motifs is 2. The van der Waals surface area contributed by atoms with Crippen LogP contribution in [0.1, 0.15) is 31.8 Å². The summed E-state index contributed by atoms with van der Waals surface area (Å²) in [6.45, 7) is 0. The van der Waals surface area contributed by atoms with E-state index in [1.165, 1.54) is 0 Å². The van der Waals surface area contributed by atoms with Gasteiger partial charge in [-0.2, -0.15) is 0 Å². The number of nitrogens with zero attached hydrogens (tertiary/aromatic N) is 2. The van der Waals surface area contributed by atoms with Crippen LogP contribution in [0.15, 0.2) is 21.1 Å². The molecule has 0 saturated carbocycles. The predicted molar refractivity (Wildman–Crippen MR) is 91.8 cm³/mol. The van der Waals surface area contributed by atoms with Gasteiger partial charge in [-0.3, -0.25) is 29.8 Å². The summed E-state index contributed by atoms with van der Waals surface area (Å²) >= 11 is 5.69. The minimum atomic E-state index is -1.19. The average Bonchev–Trinajstić information content (AvgIpc) is 2.56. The summed E-state index contributed by atoms with van der Waals surface area (Å²) < 4.78 is -0.479. The zero-order valence-corrected chi connectivity index (χ0v) is 15.3. The summed E-state index contributed by atoms with van der Waals surface area (Å²) in [4.78, 5) is 46.3. The molecule has 0 unspecified atom stereocenters. The van der Waals surface area contributed by atoms with Crippen molar-refractivity contribution >= 4 is 54.8 Å². The first-order valence-electron chi connectivity index (χ1n) is 6.57. The Hall–Kier alpha value is -2.86. The highest BCUT2D eigenvalue weighted by molar-refractivity contribution is 9.11. The van der Waals surface area contributed by atoms with Gasteiger partial charge in [0, 0.05) is 12.1 Å². The van der Waals surface area contributed by atoms with Crippen LogP contribution in [0.3, 0.4) is 0 Å². The van der Waals surface area contributed by atoms with Gasteiger partial charge >= 0.3 is 0 Å². The topological polar surface area (TPSA) is 161 Å². The highest BCUT2D eigenvalue weighted by atomic mass is 79.9. The standard InChI is InChI=1S/C14H4Br2N2O8/c15-3-1-5(17(23)24)7-9(11(3)19)14(22)8-6(18(25)26)2-4(16)12(20)10(8)13(7)21/h1-2,19-20H. The van der Waals surface area contributed by atoms with E-state index in [0.29, 0.717) is 0 Å². The lowest BCUT2D eigenvalue weighted by atomic mass is 9.81. The van der Waals surface area contributed by atoms with Gasteiger partial charge in [0.1, 0.15) is 22.6 Å². The summed E-state index contributed by atoms with van der Waals surface area (Å²) in [5, 5.41) is 42.8. The number of hydrogen-bond acceptors (Lipinski definition) is 8. The van der Waals surface area contributed by atoms with E-state index in [-0.39, 0.29) is 8.95 Å². The van der Waals surface area contributed by atoms with Gasteiger partial charge in [-0.25, -0.2) is 0 Å². The Bertz CT molecular complexity index is 994. The number of carbonyl (C=O) groups is 2. The monoisotopic (exact) mass is 486 g/mol. The second-order valence-electron chi connectivity index (χ2n) is 5.12. The molecule has 1 aliphatic carbocycles. The number of hydrogen-bond donors (Lipinski definition) is 2. The van der Waals surface area contributed by atoms with Gasteiger partial charge in [-0.1, -0.05) is 0 Å². The maximum absolute atomic E-state index is 12.8. The second kappa shape index (κ2) is 5.85. The van der Waals surface area contributed by atoms with Crippen LogP contribution in [-0.4, -0.2) is 31.6 Å². The number of aromatic hydroxyl groups is 2. The van der Waals surface area contributed by atoms with Crippen molar-refractivity contribution < 1.29 is 29.6 Å². The van der Waals surface area contributed by atoms with Crippen LogP contribution < -0.4 is 0 Å². The number of nitro groups is 2. The highest BCUT2D eigenvalue weighted by Crippen LogP contribution is 2.47. The minimum absolute atomic E-state index is 0.239. The van der Waals surface area contributed by atoms with Crippen LogP contribution in [-0.2, 0) is 0 Å². The number of rotatable bonds is 2. The minimum Gasteiger partial charge on any atom is -0.506 e. The number of benzene rings is 2. The van der Waals surface area contributed by atoms with E-state index in [0.717, 1.165) is 12.1 Å². The summed E-state index contributed by atoms with van der Waals surface area (Å²) in [6, 6.07) is 1.65. The fraction of sp³-hybridized carbons (Fsp3) is 0. The third-order valence-electron chi connectivity index (χ3n) is 3.77. The number of nitro benzene ring substituents is 2. The molecule has 0 atom stereocenters. The van der Waals surface area contributed by atoms with Gasteiger partial charge in [0.05, 0.1) is 29.9 Å². The number of phenols is 2. The lowest BCUT2D eigenvalue weighted by Gasteiger charge is -2.20. The molecule has 2 aromatic rings. The van der Waals surface area contributed by atoms with Crippen LogP contribution >= 0.6 is 31.9 Å². The van der Waals surface area contributed by atoms with Gasteiger partial charge in [0.25, 0.3) is 11.4 Å². The van der Waals surface area contributed by atoms with E-state index in [2.05, 4.69) is 31.9 Å². The molecular formula is C14H4Br2N2O8. The molecule has 2 aromatic carbocycles. The number of halogens is 2. The Labute approximate surface area is 159 Å². The molecule has 0 aromatic heterocycles. The molecular weight excluding hydrogens is 484 g/mol. The molecule has 0 fully saturated rings. The lowest BCUT2D eigenvalue weighted by Crippen LogP contribution is -2.24. The van der Waals surface area contributed by atoms with Crippen LogP contribution in [0.2, 0.25) is 0 Å². The van der Waals surface area contributed by atoms with Crippen LogP contribution in [0.4, 0.5) is 11.4 Å². The Morgan fingerprint density at radius 1 is 0.731 bits per heavy atom. The van der Waals surface area contributed by atoms with E-state index in [1.807, 2.05) is 0 Å². The van der Waals surface area contributed by atoms with Gasteiger partial charge in [0.15, 0.2) is 0 Å². The molecule has 0 heterocycles. The molecule has 0 saturated heterocycles. The largest absolute Gasteiger partial charge is 0.506 e. The number of phenolic OH excluding ortho intramolecular Hbond substituents is 2. The van der Waals surface area contributed by atoms with Crippen molar-refractivity contribution in [1.82, 2.24) is 0 Å². The molecule has 0 aliphatic heterocycles. The van der Waals surface area contributed by atoms with Crippen molar-refractivity contribution in [2.24, 2.45) is 0 Å². The molecule has 2 N–H and O–H groups in total. The summed E-state index contributed by atoms with van der Waals surface area (Å²) in [5.74, 6) is -3.92. The first-order chi connectivity index (χ1) is 12.1. The third kappa shape index (κ3) is 2.29. The van der Waals surface area contributed by atoms with Crippen LogP contribution in [0.5, 0.6) is 11.5 Å². The smallest absolute Gasteiger partial charge is 0.282 e. The van der Waals surface area contributed by atoms with Crippen LogP contribution in [0, 0.1) is 20.2 Å². The molecule has 3 rings (SSSR count). The van der Waals surface area contributed by atoms with Gasteiger partial charge in [-0.05, 0) is 31.9 Å². The zero-order chi connectivity index (χ0) is 19.5. The SMILES string of the molecule is O=C1c2c([N+](=O)[O-])cc(Br)c(O)c2C(=O)c2c([N+](=O)[O-])cc(Br)c(O)c21. The van der Waals surface area contributed by atoms with E-state index in [1.54, 1.807) is 0 Å². The van der Waals surface area contributed by atoms with Crippen LogP contribution in [0.25, 0.3) is 0 Å². The number of carbonyl (C=O) groups excluding carboxylic acids is 2. The molecule has 1 aliphatic rings. The molecule has 10 nitrogen and oxygen atoms in total. The average molecular weight is 488 g/mol. The van der Waals surface area contributed by atoms with Crippen molar-refractivity contribution in [1.29, 1.82) is 0 Å². The maximum atomic E-state index is 12.8. The Kier molecular flexibility index (Phi) is 4.04. The quantitative estimate of drug-likeness (QED) is 0.411. The van der Waals surface area contributed by atoms with Gasteiger partial charge < -0.3 is 10.2 Å². The fourth-order valence-electron chi connectivity index (χ4n) is 2.69. The van der Waals surface area contributed by atoms with Crippen molar-refractivity contribution in [3.05, 3.63) is 63.6 Å². The van der Waals surface area contributed by atoms with E-state index < -0.39 is 66.5 Å². The molecule has 0 spiro atoms. The first-order valence-corrected chi connectivity index (χ1v) is 8.15. The first kappa shape index (κ1) is 17.9. The fourth-order valence-corrected chi connectivity index (χ4v) is 3.52. The summed E-state index contributed by atoms with van der Waals surface area (Å²) in [5.41, 5.74) is -4.58. The summed E-state index contributed by atoms with van der Waals surface area (Å²) in [6.07, 6.45) is 0. The van der Waals surface area contributed by atoms with Gasteiger partial charge in [0.2, 0.25) is 11.6 Å². The van der Waals surface area contributed by atoms with E-state index >= 15 is 0 Å². The molecule has 0 amide bonds. The van der Waals surface area contributed by atoms with E-state index in [4.69, 9.17) is 0 Å². The van der Waals surface area contributed by atoms with Crippen molar-refractivity contribution in [2.75, 3.05) is 0 Å². The van der Waals surface area contributed by atoms with Crippen molar-refractivity contribution in [2.45, 2.75) is 0 Å². The predicted octanol–water partition coefficient (Wildman–Crippen LogP) is 3.21. The maximum Gasteiger partial charge on any atom is 0.282 e. The van der Waals surface area contributed by atoms with Gasteiger partial charge in [-0.15, -0.1) is 0 Å². The molecule has 12 heteroatoms. The summed E-state index contributed by atoms with van der Waals surface area (Å²) in [7, 11) is 0. The number of ketones is 2. The van der Waals surface area contributed by atoms with Crippen molar-refractivity contribution in [3.63, 3.8) is 0 Å². The highest BCUT2D eigenvalue weighted by Gasteiger charge is 2.44. The zero-order valence-electron chi connectivity index (χ0n) is 12.1. The Balaban J connectivity index is 2.54. The molecule has 132 valence electrons. The molecule has 0 radical (unpaired) electrons. The third-order valence-corrected chi connectivity index (χ3v) is 4.98. The second-order valence-corrected chi connectivity index (χ2v) is 6.83. The lowest BCUT2D eigenvalue weighted by molar-refractivity contribution is -0.385.